The van der Waals surface area contributed by atoms with Gasteiger partial charge in [-0.05, 0) is 0 Å². The average Bonchev–Trinajstić information content (AvgIpc) is 2.76. The molecule has 0 aliphatic carbocycles. The Morgan fingerprint density at radius 1 is 1.19 bits per heavy atom. The van der Waals surface area contributed by atoms with Crippen LogP contribution in [0.5, 0.6) is 5.75 Å². The standard InChI is InChI=1S/C13H11NOTe/c1-8-5-10-9(11(6-8)15-2)3-4-12-13(10)14-7-16-12/h3-7H,1-2H3. The summed E-state index contributed by atoms with van der Waals surface area (Å²) in [5.41, 5.74) is 2.39. The Morgan fingerprint density at radius 2 is 2.06 bits per heavy atom. The van der Waals surface area contributed by atoms with Crippen LogP contribution in [-0.2, 0) is 0 Å². The van der Waals surface area contributed by atoms with Crippen LogP contribution in [0.4, 0.5) is 0 Å². The number of aromatic nitrogens is 1. The van der Waals surface area contributed by atoms with Crippen LogP contribution in [0.2, 0.25) is 0 Å². The molecule has 0 saturated heterocycles. The molecule has 3 rings (SSSR count). The number of hydrogen-bond donors (Lipinski definition) is 0. The molecule has 0 aliphatic heterocycles. The van der Waals surface area contributed by atoms with Gasteiger partial charge in [0.2, 0.25) is 0 Å². The molecule has 2 nitrogen and oxygen atoms in total. The zero-order valence-corrected chi connectivity index (χ0v) is 11.5. The zero-order chi connectivity index (χ0) is 11.1. The topological polar surface area (TPSA) is 22.1 Å². The summed E-state index contributed by atoms with van der Waals surface area (Å²) in [6.07, 6.45) is 0. The Bertz CT molecular complexity index is 672. The van der Waals surface area contributed by atoms with E-state index in [1.807, 2.05) is 0 Å². The van der Waals surface area contributed by atoms with Gasteiger partial charge in [0, 0.05) is 0 Å². The molecule has 2 aromatic carbocycles. The third kappa shape index (κ3) is 1.43. The van der Waals surface area contributed by atoms with E-state index in [4.69, 9.17) is 4.74 Å². The van der Waals surface area contributed by atoms with Crippen molar-refractivity contribution in [2.45, 2.75) is 6.92 Å². The third-order valence-corrected chi connectivity index (χ3v) is 5.02. The molecule has 0 aliphatic rings. The second-order valence-corrected chi connectivity index (χ2v) is 6.36. The molecule has 3 aromatic rings. The fourth-order valence-electron chi connectivity index (χ4n) is 2.04. The summed E-state index contributed by atoms with van der Waals surface area (Å²) in [6, 6.07) is 8.63. The minimum atomic E-state index is -0.183. The maximum absolute atomic E-state index is 5.43. The number of rotatable bonds is 1. The van der Waals surface area contributed by atoms with E-state index in [0.29, 0.717) is 0 Å². The van der Waals surface area contributed by atoms with Crippen LogP contribution in [0, 0.1) is 6.92 Å². The Kier molecular flexibility index (Phi) is 2.38. The van der Waals surface area contributed by atoms with Crippen LogP contribution < -0.4 is 4.74 Å². The normalized spacial score (nSPS) is 11.1. The zero-order valence-electron chi connectivity index (χ0n) is 9.15. The summed E-state index contributed by atoms with van der Waals surface area (Å²) < 4.78 is 8.96. The molecule has 0 bridgehead atoms. The molecule has 0 amide bonds. The van der Waals surface area contributed by atoms with Crippen molar-refractivity contribution in [3.8, 4) is 5.75 Å². The molecule has 0 N–H and O–H groups in total. The van der Waals surface area contributed by atoms with Crippen molar-refractivity contribution in [1.82, 2.24) is 4.98 Å². The number of aryl methyl sites for hydroxylation is 1. The van der Waals surface area contributed by atoms with E-state index >= 15 is 0 Å². The second kappa shape index (κ2) is 3.76. The van der Waals surface area contributed by atoms with E-state index in [9.17, 15) is 0 Å². The Labute approximate surface area is 103 Å². The van der Waals surface area contributed by atoms with Gasteiger partial charge in [-0.3, -0.25) is 0 Å². The van der Waals surface area contributed by atoms with Crippen molar-refractivity contribution in [1.29, 1.82) is 0 Å². The molecular weight excluding hydrogens is 314 g/mol. The third-order valence-electron chi connectivity index (χ3n) is 2.76. The van der Waals surface area contributed by atoms with Crippen molar-refractivity contribution in [3.63, 3.8) is 0 Å². The molecular formula is C13H11NOTe. The van der Waals surface area contributed by atoms with E-state index < -0.39 is 0 Å². The van der Waals surface area contributed by atoms with Crippen molar-refractivity contribution in [2.75, 3.05) is 7.11 Å². The number of methoxy groups -OCH3 is 1. The van der Waals surface area contributed by atoms with Crippen LogP contribution in [0.25, 0.3) is 19.7 Å². The van der Waals surface area contributed by atoms with Crippen LogP contribution in [0.15, 0.2) is 28.5 Å². The SMILES string of the molecule is COc1cc(C)cc2c1ccc1[te]cnc12. The van der Waals surface area contributed by atoms with Crippen molar-refractivity contribution >= 4 is 40.1 Å². The molecule has 80 valence electrons. The Hall–Kier alpha value is -1.04. The van der Waals surface area contributed by atoms with Crippen molar-refractivity contribution in [3.05, 3.63) is 34.0 Å². The molecule has 1 aromatic heterocycles. The number of nitrogens with zero attached hydrogens (tertiary/aromatic N) is 1. The molecule has 0 atom stereocenters. The van der Waals surface area contributed by atoms with Gasteiger partial charge < -0.3 is 0 Å². The summed E-state index contributed by atoms with van der Waals surface area (Å²) >= 11 is -0.183. The van der Waals surface area contributed by atoms with Gasteiger partial charge in [0.1, 0.15) is 0 Å². The average molecular weight is 325 g/mol. The van der Waals surface area contributed by atoms with Crippen LogP contribution in [-0.4, -0.2) is 32.5 Å². The summed E-state index contributed by atoms with van der Waals surface area (Å²) in [5.74, 6) is 0.945. The van der Waals surface area contributed by atoms with Gasteiger partial charge in [-0.2, -0.15) is 0 Å². The van der Waals surface area contributed by atoms with Crippen LogP contribution >= 0.6 is 0 Å². The molecule has 16 heavy (non-hydrogen) atoms. The fourth-order valence-corrected chi connectivity index (χ4v) is 4.01. The minimum absolute atomic E-state index is 0.183. The molecule has 0 unspecified atom stereocenters. The molecule has 1 heterocycles. The van der Waals surface area contributed by atoms with Gasteiger partial charge in [-0.1, -0.05) is 0 Å². The van der Waals surface area contributed by atoms with E-state index in [1.54, 1.807) is 7.11 Å². The first-order chi connectivity index (χ1) is 7.79. The molecule has 0 radical (unpaired) electrons. The summed E-state index contributed by atoms with van der Waals surface area (Å²) in [7, 11) is 1.72. The number of benzene rings is 2. The van der Waals surface area contributed by atoms with Crippen LogP contribution in [0.3, 0.4) is 0 Å². The molecule has 0 saturated carbocycles. The van der Waals surface area contributed by atoms with Gasteiger partial charge >= 0.3 is 104 Å². The monoisotopic (exact) mass is 327 g/mol. The van der Waals surface area contributed by atoms with E-state index in [0.717, 1.165) is 5.75 Å². The fraction of sp³-hybridized carbons (Fsp3) is 0.154. The first-order valence-electron chi connectivity index (χ1n) is 5.10. The number of hydrogen-bond acceptors (Lipinski definition) is 2. The predicted molar refractivity (Wildman–Crippen MR) is 67.5 cm³/mol. The van der Waals surface area contributed by atoms with E-state index in [-0.39, 0.29) is 20.4 Å². The van der Waals surface area contributed by atoms with Gasteiger partial charge in [-0.15, -0.1) is 0 Å². The first-order valence-corrected chi connectivity index (χ1v) is 7.61. The quantitative estimate of drug-likeness (QED) is 0.642. The van der Waals surface area contributed by atoms with Gasteiger partial charge in [0.15, 0.2) is 0 Å². The summed E-state index contributed by atoms with van der Waals surface area (Å²) in [6.45, 7) is 2.09. The van der Waals surface area contributed by atoms with Crippen LogP contribution in [0.1, 0.15) is 5.56 Å². The van der Waals surface area contributed by atoms with Crippen molar-refractivity contribution < 1.29 is 4.74 Å². The van der Waals surface area contributed by atoms with Gasteiger partial charge in [-0.25, -0.2) is 0 Å². The second-order valence-electron chi connectivity index (χ2n) is 3.83. The molecule has 0 fully saturated rings. The summed E-state index contributed by atoms with van der Waals surface area (Å²) in [5, 5.41) is 2.39. The van der Waals surface area contributed by atoms with Gasteiger partial charge in [0.25, 0.3) is 0 Å². The van der Waals surface area contributed by atoms with Gasteiger partial charge in [0.05, 0.1) is 0 Å². The van der Waals surface area contributed by atoms with E-state index in [1.165, 1.54) is 25.3 Å². The predicted octanol–water partition coefficient (Wildman–Crippen LogP) is 2.76. The van der Waals surface area contributed by atoms with E-state index in [2.05, 4.69) is 40.4 Å². The number of fused-ring (bicyclic) bond motifs is 3. The Balaban J connectivity index is 2.54. The number of ether oxygens (including phenoxy) is 1. The first kappa shape index (κ1) is 10.1. The Morgan fingerprint density at radius 3 is 2.88 bits per heavy atom. The summed E-state index contributed by atoms with van der Waals surface area (Å²) in [4.78, 5) is 4.52. The molecule has 3 heteroatoms. The van der Waals surface area contributed by atoms with Crippen molar-refractivity contribution in [2.24, 2.45) is 0 Å². The maximum atomic E-state index is 5.43. The molecule has 0 spiro atoms.